The maximum Gasteiger partial charge on any atom is 0.247 e. The predicted molar refractivity (Wildman–Crippen MR) is 79.5 cm³/mol. The zero-order chi connectivity index (χ0) is 14.5. The van der Waals surface area contributed by atoms with E-state index in [0.29, 0.717) is 24.1 Å². The van der Waals surface area contributed by atoms with Gasteiger partial charge in [-0.25, -0.2) is 0 Å². The number of aromatic nitrogens is 5. The van der Waals surface area contributed by atoms with E-state index >= 15 is 0 Å². The zero-order valence-electron chi connectivity index (χ0n) is 11.2. The number of hydrogen-bond donors (Lipinski definition) is 0. The third kappa shape index (κ3) is 3.19. The third-order valence-corrected chi connectivity index (χ3v) is 3.68. The van der Waals surface area contributed by atoms with Crippen LogP contribution in [0.5, 0.6) is 0 Å². The normalized spacial score (nSPS) is 10.7. The van der Waals surface area contributed by atoms with Gasteiger partial charge in [0.2, 0.25) is 11.8 Å². The highest BCUT2D eigenvalue weighted by atomic mass is 32.2. The van der Waals surface area contributed by atoms with Crippen molar-refractivity contribution < 1.29 is 4.42 Å². The molecule has 0 aliphatic rings. The molecule has 2 heterocycles. The van der Waals surface area contributed by atoms with E-state index in [0.717, 1.165) is 10.7 Å². The highest BCUT2D eigenvalue weighted by molar-refractivity contribution is 7.98. The molecule has 0 saturated carbocycles. The van der Waals surface area contributed by atoms with Crippen LogP contribution in [0.1, 0.15) is 5.89 Å². The lowest BCUT2D eigenvalue weighted by Crippen LogP contribution is -1.95. The monoisotopic (exact) mass is 299 g/mol. The molecular formula is C14H13N5OS. The van der Waals surface area contributed by atoms with Gasteiger partial charge < -0.3 is 8.98 Å². The first kappa shape index (κ1) is 13.6. The Morgan fingerprint density at radius 3 is 2.86 bits per heavy atom. The summed E-state index contributed by atoms with van der Waals surface area (Å²) in [4.78, 5) is 0. The molecule has 2 aromatic heterocycles. The molecule has 0 atom stereocenters. The fourth-order valence-electron chi connectivity index (χ4n) is 1.76. The smallest absolute Gasteiger partial charge is 0.247 e. The second-order valence-electron chi connectivity index (χ2n) is 4.21. The quantitative estimate of drug-likeness (QED) is 0.515. The highest BCUT2D eigenvalue weighted by Gasteiger charge is 2.10. The van der Waals surface area contributed by atoms with E-state index in [9.17, 15) is 0 Å². The Morgan fingerprint density at radius 2 is 2.05 bits per heavy atom. The van der Waals surface area contributed by atoms with Crippen LogP contribution < -0.4 is 0 Å². The SMILES string of the molecule is C=CCn1cnnc1SCc1nnc(-c2ccccc2)o1. The lowest BCUT2D eigenvalue weighted by atomic mass is 10.2. The van der Waals surface area contributed by atoms with Crippen molar-refractivity contribution in [2.24, 2.45) is 0 Å². The van der Waals surface area contributed by atoms with Crippen molar-refractivity contribution in [3.8, 4) is 11.5 Å². The molecule has 0 aliphatic heterocycles. The number of benzene rings is 1. The van der Waals surface area contributed by atoms with Crippen LogP contribution in [0.15, 0.2) is 58.9 Å². The number of allylic oxidation sites excluding steroid dienone is 1. The Kier molecular flexibility index (Phi) is 4.11. The Balaban J connectivity index is 1.68. The van der Waals surface area contributed by atoms with Crippen LogP contribution in [-0.2, 0) is 12.3 Å². The van der Waals surface area contributed by atoms with Gasteiger partial charge in [0.15, 0.2) is 5.16 Å². The van der Waals surface area contributed by atoms with E-state index in [4.69, 9.17) is 4.42 Å². The summed E-state index contributed by atoms with van der Waals surface area (Å²) in [6.07, 6.45) is 3.47. The van der Waals surface area contributed by atoms with Crippen molar-refractivity contribution in [3.05, 3.63) is 55.2 Å². The lowest BCUT2D eigenvalue weighted by Gasteiger charge is -2.00. The van der Waals surface area contributed by atoms with Gasteiger partial charge >= 0.3 is 0 Å². The Bertz CT molecular complexity index is 722. The Labute approximate surface area is 125 Å². The fraction of sp³-hybridized carbons (Fsp3) is 0.143. The van der Waals surface area contributed by atoms with Crippen LogP contribution in [0, 0.1) is 0 Å². The van der Waals surface area contributed by atoms with Gasteiger partial charge in [0.1, 0.15) is 6.33 Å². The molecule has 0 amide bonds. The molecule has 0 saturated heterocycles. The van der Waals surface area contributed by atoms with Crippen LogP contribution in [-0.4, -0.2) is 25.0 Å². The summed E-state index contributed by atoms with van der Waals surface area (Å²) in [6.45, 7) is 4.38. The molecule has 7 heteroatoms. The molecule has 0 fully saturated rings. The van der Waals surface area contributed by atoms with Crippen LogP contribution in [0.2, 0.25) is 0 Å². The average Bonchev–Trinajstić information content (AvgIpc) is 3.16. The summed E-state index contributed by atoms with van der Waals surface area (Å²) in [6, 6.07) is 9.69. The third-order valence-electron chi connectivity index (χ3n) is 2.72. The molecule has 3 aromatic rings. The summed E-state index contributed by atoms with van der Waals surface area (Å²) in [5.41, 5.74) is 0.913. The maximum absolute atomic E-state index is 5.65. The summed E-state index contributed by atoms with van der Waals surface area (Å²) in [5.74, 6) is 1.64. The Morgan fingerprint density at radius 1 is 1.19 bits per heavy atom. The fourth-order valence-corrected chi connectivity index (χ4v) is 2.52. The van der Waals surface area contributed by atoms with Gasteiger partial charge in [0.25, 0.3) is 0 Å². The van der Waals surface area contributed by atoms with Gasteiger partial charge in [-0.2, -0.15) is 0 Å². The van der Waals surface area contributed by atoms with E-state index in [1.165, 1.54) is 11.8 Å². The van der Waals surface area contributed by atoms with E-state index in [-0.39, 0.29) is 0 Å². The van der Waals surface area contributed by atoms with E-state index in [1.54, 1.807) is 12.4 Å². The predicted octanol–water partition coefficient (Wildman–Crippen LogP) is 2.81. The number of thioether (sulfide) groups is 1. The second-order valence-corrected chi connectivity index (χ2v) is 5.15. The standard InChI is InChI=1S/C14H13N5OS/c1-2-8-19-10-15-18-14(19)21-9-12-16-17-13(20-12)11-6-4-3-5-7-11/h2-7,10H,1,8-9H2. The topological polar surface area (TPSA) is 69.6 Å². The molecule has 21 heavy (non-hydrogen) atoms. The summed E-state index contributed by atoms with van der Waals surface area (Å²) >= 11 is 1.50. The molecule has 6 nitrogen and oxygen atoms in total. The van der Waals surface area contributed by atoms with Crippen LogP contribution in [0.3, 0.4) is 0 Å². The van der Waals surface area contributed by atoms with Crippen molar-refractivity contribution in [3.63, 3.8) is 0 Å². The second kappa shape index (κ2) is 6.36. The van der Waals surface area contributed by atoms with Crippen molar-refractivity contribution in [2.75, 3.05) is 0 Å². The van der Waals surface area contributed by atoms with Gasteiger partial charge in [-0.3, -0.25) is 0 Å². The minimum Gasteiger partial charge on any atom is -0.420 e. The summed E-state index contributed by atoms with van der Waals surface area (Å²) in [5, 5.41) is 16.8. The molecule has 0 aliphatic carbocycles. The van der Waals surface area contributed by atoms with Crippen molar-refractivity contribution in [1.29, 1.82) is 0 Å². The number of rotatable bonds is 6. The molecule has 1 aromatic carbocycles. The molecule has 0 bridgehead atoms. The van der Waals surface area contributed by atoms with Crippen molar-refractivity contribution in [1.82, 2.24) is 25.0 Å². The van der Waals surface area contributed by atoms with E-state index < -0.39 is 0 Å². The average molecular weight is 299 g/mol. The maximum atomic E-state index is 5.65. The molecule has 106 valence electrons. The van der Waals surface area contributed by atoms with Gasteiger partial charge in [0.05, 0.1) is 5.75 Å². The highest BCUT2D eigenvalue weighted by Crippen LogP contribution is 2.23. The molecule has 0 N–H and O–H groups in total. The lowest BCUT2D eigenvalue weighted by molar-refractivity contribution is 0.528. The number of nitrogens with zero attached hydrogens (tertiary/aromatic N) is 5. The number of hydrogen-bond acceptors (Lipinski definition) is 6. The molecular weight excluding hydrogens is 286 g/mol. The molecule has 0 radical (unpaired) electrons. The van der Waals surface area contributed by atoms with Crippen LogP contribution >= 0.6 is 11.8 Å². The largest absolute Gasteiger partial charge is 0.420 e. The van der Waals surface area contributed by atoms with Gasteiger partial charge in [-0.05, 0) is 12.1 Å². The summed E-state index contributed by atoms with van der Waals surface area (Å²) < 4.78 is 7.56. The van der Waals surface area contributed by atoms with Gasteiger partial charge in [-0.1, -0.05) is 36.0 Å². The van der Waals surface area contributed by atoms with E-state index in [1.807, 2.05) is 34.9 Å². The molecule has 3 rings (SSSR count). The Hall–Kier alpha value is -2.41. The minimum atomic E-state index is 0.527. The van der Waals surface area contributed by atoms with E-state index in [2.05, 4.69) is 27.0 Å². The van der Waals surface area contributed by atoms with Crippen molar-refractivity contribution >= 4 is 11.8 Å². The van der Waals surface area contributed by atoms with Crippen molar-refractivity contribution in [2.45, 2.75) is 17.5 Å². The first-order valence-corrected chi connectivity index (χ1v) is 7.34. The summed E-state index contributed by atoms with van der Waals surface area (Å²) in [7, 11) is 0. The van der Waals surface area contributed by atoms with Gasteiger partial charge in [-0.15, -0.1) is 27.0 Å². The molecule has 0 spiro atoms. The van der Waals surface area contributed by atoms with Crippen LogP contribution in [0.25, 0.3) is 11.5 Å². The van der Waals surface area contributed by atoms with Crippen LogP contribution in [0.4, 0.5) is 0 Å². The first-order chi connectivity index (χ1) is 10.4. The van der Waals surface area contributed by atoms with Gasteiger partial charge in [0, 0.05) is 12.1 Å². The minimum absolute atomic E-state index is 0.527. The molecule has 0 unspecified atom stereocenters. The zero-order valence-corrected chi connectivity index (χ0v) is 12.0. The first-order valence-electron chi connectivity index (χ1n) is 6.36.